The summed E-state index contributed by atoms with van der Waals surface area (Å²) in [5, 5.41) is 8.67. The molecule has 4 nitrogen and oxygen atoms in total. The van der Waals surface area contributed by atoms with E-state index in [-0.39, 0.29) is 17.8 Å². The maximum atomic E-state index is 11.3. The number of hydrogen-bond acceptors (Lipinski definition) is 4. The molecular weight excluding hydrogens is 212 g/mol. The molecule has 0 saturated carbocycles. The maximum absolute atomic E-state index is 11.3. The van der Waals surface area contributed by atoms with E-state index in [4.69, 9.17) is 5.26 Å². The van der Waals surface area contributed by atoms with Gasteiger partial charge in [-0.2, -0.15) is 5.26 Å². The van der Waals surface area contributed by atoms with Crippen LogP contribution in [-0.4, -0.2) is 44.0 Å². The summed E-state index contributed by atoms with van der Waals surface area (Å²) in [5.41, 5.74) is 0. The lowest BCUT2D eigenvalue weighted by atomic mass is 10.1. The molecule has 0 aromatic heterocycles. The van der Waals surface area contributed by atoms with Crippen molar-refractivity contribution in [2.45, 2.75) is 38.3 Å². The molecule has 1 aliphatic heterocycles. The quantitative estimate of drug-likeness (QED) is 0.716. The second-order valence-corrected chi connectivity index (χ2v) is 6.38. The van der Waals surface area contributed by atoms with Gasteiger partial charge in [-0.25, -0.2) is 8.42 Å². The molecule has 15 heavy (non-hydrogen) atoms. The van der Waals surface area contributed by atoms with E-state index in [2.05, 4.69) is 11.0 Å². The van der Waals surface area contributed by atoms with E-state index in [1.165, 1.54) is 0 Å². The Balaban J connectivity index is 2.61. The van der Waals surface area contributed by atoms with Crippen molar-refractivity contribution in [3.05, 3.63) is 0 Å². The highest BCUT2D eigenvalue weighted by Crippen LogP contribution is 2.20. The zero-order valence-electron chi connectivity index (χ0n) is 9.31. The van der Waals surface area contributed by atoms with Crippen LogP contribution in [0.3, 0.4) is 0 Å². The molecule has 1 aliphatic rings. The number of nitriles is 1. The summed E-state index contributed by atoms with van der Waals surface area (Å²) in [6.07, 6.45) is 2.07. The van der Waals surface area contributed by atoms with Crippen LogP contribution < -0.4 is 0 Å². The summed E-state index contributed by atoms with van der Waals surface area (Å²) in [4.78, 5) is 2.06. The Morgan fingerprint density at radius 3 is 2.67 bits per heavy atom. The van der Waals surface area contributed by atoms with Crippen LogP contribution in [0.15, 0.2) is 0 Å². The van der Waals surface area contributed by atoms with Gasteiger partial charge < -0.3 is 0 Å². The number of rotatable bonds is 4. The van der Waals surface area contributed by atoms with E-state index in [0.29, 0.717) is 18.6 Å². The third kappa shape index (κ3) is 3.18. The van der Waals surface area contributed by atoms with Gasteiger partial charge in [-0.05, 0) is 19.9 Å². The van der Waals surface area contributed by atoms with Gasteiger partial charge in [-0.15, -0.1) is 0 Å². The van der Waals surface area contributed by atoms with E-state index in [0.717, 1.165) is 6.42 Å². The highest BCUT2D eigenvalue weighted by atomic mass is 32.2. The first-order valence-electron chi connectivity index (χ1n) is 5.29. The predicted molar refractivity (Wildman–Crippen MR) is 59.1 cm³/mol. The minimum Gasteiger partial charge on any atom is -0.298 e. The number of nitrogens with zero attached hydrogens (tertiary/aromatic N) is 2. The highest BCUT2D eigenvalue weighted by Gasteiger charge is 2.32. The summed E-state index contributed by atoms with van der Waals surface area (Å²) in [6, 6.07) is 2.45. The lowest BCUT2D eigenvalue weighted by Gasteiger charge is -2.30. The first-order chi connectivity index (χ1) is 7.00. The molecule has 5 heteroatoms. The minimum absolute atomic E-state index is 0.105. The van der Waals surface area contributed by atoms with E-state index in [1.807, 2.05) is 14.0 Å². The molecule has 1 saturated heterocycles. The fraction of sp³-hybridized carbons (Fsp3) is 0.900. The van der Waals surface area contributed by atoms with Gasteiger partial charge in [0.2, 0.25) is 0 Å². The Hall–Kier alpha value is -0.600. The summed E-state index contributed by atoms with van der Waals surface area (Å²) in [7, 11) is -0.894. The zero-order chi connectivity index (χ0) is 11.5. The van der Waals surface area contributed by atoms with Gasteiger partial charge in [-0.3, -0.25) is 4.90 Å². The minimum atomic E-state index is -2.82. The van der Waals surface area contributed by atoms with Crippen molar-refractivity contribution < 1.29 is 8.42 Å². The van der Waals surface area contributed by atoms with E-state index >= 15 is 0 Å². The molecule has 2 unspecified atom stereocenters. The first-order valence-corrected chi connectivity index (χ1v) is 7.11. The average molecular weight is 230 g/mol. The van der Waals surface area contributed by atoms with Gasteiger partial charge in [0.1, 0.15) is 0 Å². The SMILES string of the molecule is CCC(CC#N)N(C)C1CCS(=O)(=O)C1. The Bertz CT molecular complexity index is 345. The van der Waals surface area contributed by atoms with E-state index in [9.17, 15) is 8.42 Å². The fourth-order valence-corrected chi connectivity index (χ4v) is 3.86. The largest absolute Gasteiger partial charge is 0.298 e. The molecule has 2 atom stereocenters. The Kier molecular flexibility index (Phi) is 4.12. The molecule has 0 aliphatic carbocycles. The lowest BCUT2D eigenvalue weighted by Crippen LogP contribution is -2.40. The summed E-state index contributed by atoms with van der Waals surface area (Å²) >= 11 is 0. The van der Waals surface area contributed by atoms with Crippen LogP contribution >= 0.6 is 0 Å². The van der Waals surface area contributed by atoms with Crippen LogP contribution in [0, 0.1) is 11.3 Å². The number of hydrogen-bond donors (Lipinski definition) is 0. The molecule has 0 amide bonds. The molecule has 0 spiro atoms. The fourth-order valence-electron chi connectivity index (χ4n) is 2.08. The lowest BCUT2D eigenvalue weighted by molar-refractivity contribution is 0.184. The zero-order valence-corrected chi connectivity index (χ0v) is 10.1. The van der Waals surface area contributed by atoms with Crippen LogP contribution in [0.5, 0.6) is 0 Å². The van der Waals surface area contributed by atoms with Gasteiger partial charge in [-0.1, -0.05) is 6.92 Å². The molecule has 86 valence electrons. The van der Waals surface area contributed by atoms with Crippen molar-refractivity contribution in [2.75, 3.05) is 18.6 Å². The van der Waals surface area contributed by atoms with Crippen LogP contribution in [0.25, 0.3) is 0 Å². The topological polar surface area (TPSA) is 61.2 Å². The number of sulfone groups is 1. The molecule has 0 N–H and O–H groups in total. The van der Waals surface area contributed by atoms with Gasteiger partial charge in [0.25, 0.3) is 0 Å². The van der Waals surface area contributed by atoms with Gasteiger partial charge in [0.05, 0.1) is 24.0 Å². The Labute approximate surface area is 91.8 Å². The van der Waals surface area contributed by atoms with Gasteiger partial charge >= 0.3 is 0 Å². The molecule has 1 heterocycles. The summed E-state index contributed by atoms with van der Waals surface area (Å²) in [6.45, 7) is 2.03. The third-order valence-electron chi connectivity index (χ3n) is 3.16. The molecule has 0 aromatic carbocycles. The van der Waals surface area contributed by atoms with Crippen LogP contribution in [0.1, 0.15) is 26.2 Å². The van der Waals surface area contributed by atoms with Crippen molar-refractivity contribution in [3.63, 3.8) is 0 Å². The van der Waals surface area contributed by atoms with Crippen LogP contribution in [0.4, 0.5) is 0 Å². The second kappa shape index (κ2) is 4.95. The van der Waals surface area contributed by atoms with Crippen molar-refractivity contribution in [2.24, 2.45) is 0 Å². The third-order valence-corrected chi connectivity index (χ3v) is 4.91. The summed E-state index contributed by atoms with van der Waals surface area (Å²) < 4.78 is 22.6. The molecule has 0 aromatic rings. The standard InChI is InChI=1S/C10H18N2O2S/c1-3-9(4-6-11)12(2)10-5-7-15(13,14)8-10/h9-10H,3-5,7-8H2,1-2H3. The highest BCUT2D eigenvalue weighted by molar-refractivity contribution is 7.91. The average Bonchev–Trinajstić information content (AvgIpc) is 2.54. The van der Waals surface area contributed by atoms with Crippen molar-refractivity contribution in [1.29, 1.82) is 5.26 Å². The van der Waals surface area contributed by atoms with Crippen LogP contribution in [0.2, 0.25) is 0 Å². The van der Waals surface area contributed by atoms with Crippen molar-refractivity contribution in [1.82, 2.24) is 4.90 Å². The normalized spacial score (nSPS) is 26.4. The predicted octanol–water partition coefficient (Wildman–Crippen LogP) is 0.798. The maximum Gasteiger partial charge on any atom is 0.151 e. The van der Waals surface area contributed by atoms with Crippen molar-refractivity contribution in [3.8, 4) is 6.07 Å². The molecule has 0 bridgehead atoms. The first kappa shape index (κ1) is 12.5. The monoisotopic (exact) mass is 230 g/mol. The van der Waals surface area contributed by atoms with Gasteiger partial charge in [0.15, 0.2) is 9.84 Å². The van der Waals surface area contributed by atoms with E-state index < -0.39 is 9.84 Å². The molecule has 1 fully saturated rings. The Morgan fingerprint density at radius 1 is 1.60 bits per heavy atom. The molecule has 1 rings (SSSR count). The summed E-state index contributed by atoms with van der Waals surface area (Å²) in [5.74, 6) is 0.552. The molecular formula is C10H18N2O2S. The smallest absolute Gasteiger partial charge is 0.151 e. The van der Waals surface area contributed by atoms with Gasteiger partial charge in [0, 0.05) is 12.1 Å². The Morgan fingerprint density at radius 2 is 2.27 bits per heavy atom. The van der Waals surface area contributed by atoms with Crippen LogP contribution in [-0.2, 0) is 9.84 Å². The molecule has 0 radical (unpaired) electrons. The second-order valence-electron chi connectivity index (χ2n) is 4.15. The van der Waals surface area contributed by atoms with E-state index in [1.54, 1.807) is 0 Å². The van der Waals surface area contributed by atoms with Crippen molar-refractivity contribution >= 4 is 9.84 Å².